The molecule has 0 saturated heterocycles. The SMILES string of the molecule is Cc1ccc(S(=O)(=O)Nc2ccc(NC(=O)C3CC3)cc2)cc1. The van der Waals surface area contributed by atoms with Crippen molar-refractivity contribution in [1.82, 2.24) is 0 Å². The van der Waals surface area contributed by atoms with Crippen LogP contribution in [0.5, 0.6) is 0 Å². The van der Waals surface area contributed by atoms with Gasteiger partial charge in [0.05, 0.1) is 4.90 Å². The summed E-state index contributed by atoms with van der Waals surface area (Å²) in [4.78, 5) is 11.9. The minimum atomic E-state index is -3.61. The van der Waals surface area contributed by atoms with Crippen LogP contribution in [0.25, 0.3) is 0 Å². The Morgan fingerprint density at radius 2 is 1.52 bits per heavy atom. The molecule has 1 aliphatic carbocycles. The van der Waals surface area contributed by atoms with Gasteiger partial charge in [0.2, 0.25) is 5.91 Å². The summed E-state index contributed by atoms with van der Waals surface area (Å²) in [5.74, 6) is 0.160. The van der Waals surface area contributed by atoms with Gasteiger partial charge in [0.1, 0.15) is 0 Å². The lowest BCUT2D eigenvalue weighted by Gasteiger charge is -2.09. The molecule has 1 saturated carbocycles. The standard InChI is InChI=1S/C17H18N2O3S/c1-12-2-10-16(11-3-12)23(21,22)19-15-8-6-14(7-9-15)18-17(20)13-4-5-13/h2-3,6-11,13,19H,4-5H2,1H3,(H,18,20). The zero-order valence-electron chi connectivity index (χ0n) is 12.7. The summed E-state index contributed by atoms with van der Waals surface area (Å²) in [6, 6.07) is 13.3. The van der Waals surface area contributed by atoms with Crippen molar-refractivity contribution in [3.05, 3.63) is 54.1 Å². The fraction of sp³-hybridized carbons (Fsp3) is 0.235. The molecule has 0 aliphatic heterocycles. The van der Waals surface area contributed by atoms with Gasteiger partial charge in [-0.2, -0.15) is 0 Å². The van der Waals surface area contributed by atoms with Crippen LogP contribution in [0.1, 0.15) is 18.4 Å². The Hall–Kier alpha value is -2.34. The van der Waals surface area contributed by atoms with Crippen molar-refractivity contribution in [2.24, 2.45) is 5.92 Å². The van der Waals surface area contributed by atoms with Crippen LogP contribution < -0.4 is 10.0 Å². The molecule has 6 heteroatoms. The van der Waals surface area contributed by atoms with Gasteiger partial charge in [-0.3, -0.25) is 9.52 Å². The van der Waals surface area contributed by atoms with Crippen molar-refractivity contribution in [1.29, 1.82) is 0 Å². The van der Waals surface area contributed by atoms with Gasteiger partial charge in [0.25, 0.3) is 10.0 Å². The van der Waals surface area contributed by atoms with Crippen molar-refractivity contribution in [3.63, 3.8) is 0 Å². The highest BCUT2D eigenvalue weighted by molar-refractivity contribution is 7.92. The molecule has 0 radical (unpaired) electrons. The topological polar surface area (TPSA) is 75.3 Å². The largest absolute Gasteiger partial charge is 0.326 e. The maximum Gasteiger partial charge on any atom is 0.261 e. The molecule has 0 atom stereocenters. The van der Waals surface area contributed by atoms with E-state index in [1.165, 1.54) is 0 Å². The average molecular weight is 330 g/mol. The molecule has 23 heavy (non-hydrogen) atoms. The van der Waals surface area contributed by atoms with E-state index in [0.717, 1.165) is 18.4 Å². The molecular formula is C17H18N2O3S. The lowest BCUT2D eigenvalue weighted by molar-refractivity contribution is -0.117. The van der Waals surface area contributed by atoms with Crippen molar-refractivity contribution in [2.75, 3.05) is 10.0 Å². The number of anilines is 2. The molecule has 0 aromatic heterocycles. The van der Waals surface area contributed by atoms with E-state index in [2.05, 4.69) is 10.0 Å². The van der Waals surface area contributed by atoms with E-state index in [1.54, 1.807) is 48.5 Å². The number of aryl methyl sites for hydroxylation is 1. The van der Waals surface area contributed by atoms with Crippen LogP contribution in [0.3, 0.4) is 0 Å². The molecule has 2 N–H and O–H groups in total. The lowest BCUT2D eigenvalue weighted by atomic mass is 10.2. The number of carbonyl (C=O) groups is 1. The zero-order valence-corrected chi connectivity index (χ0v) is 13.6. The summed E-state index contributed by atoms with van der Waals surface area (Å²) >= 11 is 0. The Bertz CT molecular complexity index is 808. The number of hydrogen-bond acceptors (Lipinski definition) is 3. The number of benzene rings is 2. The van der Waals surface area contributed by atoms with Gasteiger partial charge in [-0.15, -0.1) is 0 Å². The van der Waals surface area contributed by atoms with Crippen LogP contribution in [0.2, 0.25) is 0 Å². The van der Waals surface area contributed by atoms with Crippen molar-refractivity contribution < 1.29 is 13.2 Å². The molecule has 0 bridgehead atoms. The maximum absolute atomic E-state index is 12.3. The highest BCUT2D eigenvalue weighted by Gasteiger charge is 2.29. The normalized spacial score (nSPS) is 14.3. The molecule has 2 aromatic carbocycles. The summed E-state index contributed by atoms with van der Waals surface area (Å²) in [5.41, 5.74) is 2.12. The van der Waals surface area contributed by atoms with Crippen molar-refractivity contribution >= 4 is 27.3 Å². The average Bonchev–Trinajstić information content (AvgIpc) is 3.34. The lowest BCUT2D eigenvalue weighted by Crippen LogP contribution is -2.14. The fourth-order valence-electron chi connectivity index (χ4n) is 2.14. The number of carbonyl (C=O) groups excluding carboxylic acids is 1. The third-order valence-electron chi connectivity index (χ3n) is 3.68. The quantitative estimate of drug-likeness (QED) is 0.884. The Morgan fingerprint density at radius 1 is 0.957 bits per heavy atom. The summed E-state index contributed by atoms with van der Waals surface area (Å²) in [6.45, 7) is 1.90. The zero-order chi connectivity index (χ0) is 16.4. The Kier molecular flexibility index (Phi) is 4.09. The minimum absolute atomic E-state index is 0.0259. The van der Waals surface area contributed by atoms with E-state index in [0.29, 0.717) is 11.4 Å². The first-order valence-corrected chi connectivity index (χ1v) is 8.93. The Morgan fingerprint density at radius 3 is 2.09 bits per heavy atom. The molecule has 120 valence electrons. The van der Waals surface area contributed by atoms with Crippen LogP contribution in [0.4, 0.5) is 11.4 Å². The van der Waals surface area contributed by atoms with E-state index in [1.807, 2.05) is 6.92 Å². The number of sulfonamides is 1. The summed E-state index contributed by atoms with van der Waals surface area (Å²) in [6.07, 6.45) is 1.89. The molecule has 1 aliphatic rings. The molecule has 0 heterocycles. The molecule has 0 unspecified atom stereocenters. The Labute approximate surface area is 135 Å². The molecule has 1 fully saturated rings. The second-order valence-electron chi connectivity index (χ2n) is 5.76. The summed E-state index contributed by atoms with van der Waals surface area (Å²) in [7, 11) is -3.61. The Balaban J connectivity index is 1.69. The van der Waals surface area contributed by atoms with Gasteiger partial charge in [0, 0.05) is 17.3 Å². The highest BCUT2D eigenvalue weighted by atomic mass is 32.2. The van der Waals surface area contributed by atoms with Crippen LogP contribution in [0.15, 0.2) is 53.4 Å². The first-order chi connectivity index (χ1) is 10.9. The second kappa shape index (κ2) is 6.04. The highest BCUT2D eigenvalue weighted by Crippen LogP contribution is 2.30. The first-order valence-electron chi connectivity index (χ1n) is 7.44. The summed E-state index contributed by atoms with van der Waals surface area (Å²) < 4.78 is 27.1. The van der Waals surface area contributed by atoms with E-state index in [-0.39, 0.29) is 16.7 Å². The third-order valence-corrected chi connectivity index (χ3v) is 5.08. The van der Waals surface area contributed by atoms with E-state index in [4.69, 9.17) is 0 Å². The van der Waals surface area contributed by atoms with Gasteiger partial charge in [-0.05, 0) is 56.2 Å². The van der Waals surface area contributed by atoms with Crippen molar-refractivity contribution in [2.45, 2.75) is 24.7 Å². The first kappa shape index (κ1) is 15.6. The molecule has 2 aromatic rings. The van der Waals surface area contributed by atoms with Crippen LogP contribution >= 0.6 is 0 Å². The fourth-order valence-corrected chi connectivity index (χ4v) is 3.20. The predicted octanol–water partition coefficient (Wildman–Crippen LogP) is 3.14. The van der Waals surface area contributed by atoms with Crippen LogP contribution in [-0.2, 0) is 14.8 Å². The molecule has 0 spiro atoms. The van der Waals surface area contributed by atoms with E-state index in [9.17, 15) is 13.2 Å². The second-order valence-corrected chi connectivity index (χ2v) is 7.44. The van der Waals surface area contributed by atoms with E-state index >= 15 is 0 Å². The number of amides is 1. The minimum Gasteiger partial charge on any atom is -0.326 e. The number of hydrogen-bond donors (Lipinski definition) is 2. The molecular weight excluding hydrogens is 312 g/mol. The van der Waals surface area contributed by atoms with Gasteiger partial charge in [-0.1, -0.05) is 17.7 Å². The molecule has 3 rings (SSSR count). The third kappa shape index (κ3) is 3.90. The monoisotopic (exact) mass is 330 g/mol. The van der Waals surface area contributed by atoms with Gasteiger partial charge < -0.3 is 5.32 Å². The summed E-state index contributed by atoms with van der Waals surface area (Å²) in [5, 5.41) is 2.82. The van der Waals surface area contributed by atoms with E-state index < -0.39 is 10.0 Å². The molecule has 5 nitrogen and oxygen atoms in total. The van der Waals surface area contributed by atoms with Gasteiger partial charge in [-0.25, -0.2) is 8.42 Å². The number of nitrogens with one attached hydrogen (secondary N) is 2. The predicted molar refractivity (Wildman–Crippen MR) is 89.8 cm³/mol. The molecule has 1 amide bonds. The number of rotatable bonds is 5. The smallest absolute Gasteiger partial charge is 0.261 e. The van der Waals surface area contributed by atoms with Gasteiger partial charge in [0.15, 0.2) is 0 Å². The maximum atomic E-state index is 12.3. The van der Waals surface area contributed by atoms with Gasteiger partial charge >= 0.3 is 0 Å². The van der Waals surface area contributed by atoms with Crippen molar-refractivity contribution in [3.8, 4) is 0 Å². The van der Waals surface area contributed by atoms with Crippen LogP contribution in [0, 0.1) is 12.8 Å². The van der Waals surface area contributed by atoms with Crippen LogP contribution in [-0.4, -0.2) is 14.3 Å².